The van der Waals surface area contributed by atoms with E-state index in [0.717, 1.165) is 23.3 Å². The Morgan fingerprint density at radius 3 is 2.22 bits per heavy atom. The lowest BCUT2D eigenvalue weighted by molar-refractivity contribution is -0.00000512. The van der Waals surface area contributed by atoms with Crippen LogP contribution >= 0.6 is 11.6 Å². The quantitative estimate of drug-likeness (QED) is 0.678. The highest BCUT2D eigenvalue weighted by Gasteiger charge is 2.08. The van der Waals surface area contributed by atoms with E-state index < -0.39 is 0 Å². The van der Waals surface area contributed by atoms with Crippen LogP contribution in [0.25, 0.3) is 11.0 Å². The highest BCUT2D eigenvalue weighted by molar-refractivity contribution is 6.30. The number of halogens is 2. The maximum Gasteiger partial charge on any atom is 0.203 e. The van der Waals surface area contributed by atoms with Gasteiger partial charge in [0.15, 0.2) is 0 Å². The lowest BCUT2D eigenvalue weighted by Gasteiger charge is -2.08. The number of para-hydroxylation sites is 2. The highest BCUT2D eigenvalue weighted by Crippen LogP contribution is 2.16. The molecule has 2 aromatic carbocycles. The topological polar surface area (TPSA) is 42.9 Å². The van der Waals surface area contributed by atoms with Crippen molar-refractivity contribution in [3.63, 3.8) is 0 Å². The first-order valence-electron chi connectivity index (χ1n) is 7.31. The molecule has 6 heteroatoms. The van der Waals surface area contributed by atoms with Crippen LogP contribution in [0.4, 0.5) is 0 Å². The average Bonchev–Trinajstić information content (AvgIpc) is 2.81. The molecule has 122 valence electrons. The molecule has 0 atom stereocenters. The molecule has 0 saturated heterocycles. The van der Waals surface area contributed by atoms with Crippen molar-refractivity contribution >= 4 is 22.6 Å². The molecule has 0 aliphatic heterocycles. The van der Waals surface area contributed by atoms with Crippen LogP contribution in [0.2, 0.25) is 5.02 Å². The zero-order chi connectivity index (χ0) is 15.5. The van der Waals surface area contributed by atoms with Gasteiger partial charge in [0, 0.05) is 11.6 Å². The van der Waals surface area contributed by atoms with Crippen LogP contribution < -0.4 is 27.3 Å². The first kappa shape index (κ1) is 17.6. The molecule has 0 spiro atoms. The van der Waals surface area contributed by atoms with Crippen LogP contribution in [0.5, 0.6) is 5.75 Å². The highest BCUT2D eigenvalue weighted by atomic mass is 79.9. The Hall–Kier alpha value is -1.72. The van der Waals surface area contributed by atoms with Gasteiger partial charge in [-0.05, 0) is 43.3 Å². The van der Waals surface area contributed by atoms with E-state index in [1.165, 1.54) is 0 Å². The number of benzene rings is 2. The third-order valence-electron chi connectivity index (χ3n) is 3.69. The number of imidazole rings is 1. The summed E-state index contributed by atoms with van der Waals surface area (Å²) in [6.45, 7) is 3.98. The van der Waals surface area contributed by atoms with E-state index in [9.17, 15) is 0 Å². The van der Waals surface area contributed by atoms with Crippen molar-refractivity contribution in [2.24, 2.45) is 0 Å². The zero-order valence-corrected chi connectivity index (χ0v) is 15.1. The summed E-state index contributed by atoms with van der Waals surface area (Å²) in [7, 11) is 0. The summed E-state index contributed by atoms with van der Waals surface area (Å²) >= 11 is 5.86. The van der Waals surface area contributed by atoms with E-state index in [4.69, 9.17) is 21.7 Å². The van der Waals surface area contributed by atoms with E-state index in [0.29, 0.717) is 23.8 Å². The number of hydrogen-bond donors (Lipinski definition) is 1. The summed E-state index contributed by atoms with van der Waals surface area (Å²) in [5.41, 5.74) is 2.65. The molecule has 0 aliphatic carbocycles. The van der Waals surface area contributed by atoms with Gasteiger partial charge in [0.1, 0.15) is 12.4 Å². The summed E-state index contributed by atoms with van der Waals surface area (Å²) in [5.74, 6) is 0.788. The fraction of sp³-hybridized carbons (Fsp3) is 0.235. The SMILES string of the molecule is CCn1c(=N)n(CCOc2ccc(Cl)cc2)c2ccccc21.[Br-]. The molecule has 4 nitrogen and oxygen atoms in total. The van der Waals surface area contributed by atoms with Gasteiger partial charge in [0.25, 0.3) is 0 Å². The van der Waals surface area contributed by atoms with Crippen molar-refractivity contribution in [1.82, 2.24) is 9.13 Å². The van der Waals surface area contributed by atoms with Crippen LogP contribution in [0, 0.1) is 5.41 Å². The second kappa shape index (κ2) is 7.70. The normalized spacial score (nSPS) is 10.5. The Morgan fingerprint density at radius 2 is 1.61 bits per heavy atom. The lowest BCUT2D eigenvalue weighted by Crippen LogP contribution is -3.00. The first-order valence-corrected chi connectivity index (χ1v) is 7.69. The Bertz CT molecular complexity index is 839. The minimum Gasteiger partial charge on any atom is -1.00 e. The molecule has 1 heterocycles. The second-order valence-corrected chi connectivity index (χ2v) is 5.45. The number of ether oxygens (including phenoxy) is 1. The lowest BCUT2D eigenvalue weighted by atomic mass is 10.3. The number of aromatic nitrogens is 2. The van der Waals surface area contributed by atoms with E-state index in [1.54, 1.807) is 0 Å². The molecular weight excluding hydrogens is 378 g/mol. The number of aryl methyl sites for hydroxylation is 1. The molecule has 0 aliphatic rings. The first-order chi connectivity index (χ1) is 10.7. The van der Waals surface area contributed by atoms with E-state index in [2.05, 4.69) is 6.92 Å². The largest absolute Gasteiger partial charge is 1.00 e. The predicted molar refractivity (Wildman–Crippen MR) is 88.4 cm³/mol. The Kier molecular flexibility index (Phi) is 5.91. The van der Waals surface area contributed by atoms with Crippen LogP contribution in [0.15, 0.2) is 48.5 Å². The maximum atomic E-state index is 8.34. The molecule has 0 saturated carbocycles. The van der Waals surface area contributed by atoms with Crippen LogP contribution in [0.3, 0.4) is 0 Å². The van der Waals surface area contributed by atoms with Crippen LogP contribution in [0.1, 0.15) is 6.92 Å². The maximum absolute atomic E-state index is 8.34. The predicted octanol–water partition coefficient (Wildman–Crippen LogP) is 0.679. The van der Waals surface area contributed by atoms with Gasteiger partial charge < -0.3 is 30.9 Å². The third-order valence-corrected chi connectivity index (χ3v) is 3.94. The van der Waals surface area contributed by atoms with Crippen molar-refractivity contribution < 1.29 is 21.7 Å². The van der Waals surface area contributed by atoms with Crippen molar-refractivity contribution in [3.8, 4) is 5.75 Å². The van der Waals surface area contributed by atoms with Gasteiger partial charge in [0.05, 0.1) is 17.6 Å². The number of fused-ring (bicyclic) bond motifs is 1. The van der Waals surface area contributed by atoms with Gasteiger partial charge >= 0.3 is 0 Å². The Morgan fingerprint density at radius 1 is 1.00 bits per heavy atom. The molecular formula is C17H18BrClN3O-. The number of rotatable bonds is 5. The standard InChI is InChI=1S/C17H18ClN3O.BrH/c1-2-20-15-5-3-4-6-16(15)21(17(20)19)11-12-22-14-9-7-13(18)8-10-14;/h3-10,19H,2,11-12H2,1H3;1H/p-1. The van der Waals surface area contributed by atoms with Crippen LogP contribution in [-0.4, -0.2) is 15.7 Å². The molecule has 0 amide bonds. The minimum absolute atomic E-state index is 0. The van der Waals surface area contributed by atoms with Crippen molar-refractivity contribution in [2.45, 2.75) is 20.0 Å². The van der Waals surface area contributed by atoms with Crippen molar-refractivity contribution in [3.05, 3.63) is 59.2 Å². The summed E-state index contributed by atoms with van der Waals surface area (Å²) in [5, 5.41) is 9.03. The van der Waals surface area contributed by atoms with Gasteiger partial charge in [-0.2, -0.15) is 0 Å². The second-order valence-electron chi connectivity index (χ2n) is 5.01. The summed E-state index contributed by atoms with van der Waals surface area (Å²) in [4.78, 5) is 0. The molecule has 0 radical (unpaired) electrons. The Labute approximate surface area is 150 Å². The van der Waals surface area contributed by atoms with E-state index >= 15 is 0 Å². The van der Waals surface area contributed by atoms with Gasteiger partial charge in [-0.25, -0.2) is 0 Å². The molecule has 0 fully saturated rings. The molecule has 0 bridgehead atoms. The fourth-order valence-corrected chi connectivity index (χ4v) is 2.75. The molecule has 1 N–H and O–H groups in total. The summed E-state index contributed by atoms with van der Waals surface area (Å²) in [6, 6.07) is 15.4. The van der Waals surface area contributed by atoms with E-state index in [-0.39, 0.29) is 17.0 Å². The molecule has 0 unspecified atom stereocenters. The monoisotopic (exact) mass is 394 g/mol. The minimum atomic E-state index is 0. The van der Waals surface area contributed by atoms with Gasteiger partial charge in [-0.1, -0.05) is 23.7 Å². The summed E-state index contributed by atoms with van der Waals surface area (Å²) < 4.78 is 9.72. The number of nitrogens with zero attached hydrogens (tertiary/aromatic N) is 2. The number of nitrogens with one attached hydrogen (secondary N) is 1. The van der Waals surface area contributed by atoms with Crippen LogP contribution in [-0.2, 0) is 13.1 Å². The Balaban J connectivity index is 0.00000192. The fourth-order valence-electron chi connectivity index (χ4n) is 2.63. The number of hydrogen-bond acceptors (Lipinski definition) is 2. The smallest absolute Gasteiger partial charge is 0.203 e. The average molecular weight is 396 g/mol. The molecule has 1 aromatic heterocycles. The van der Waals surface area contributed by atoms with Gasteiger partial charge in [-0.15, -0.1) is 0 Å². The van der Waals surface area contributed by atoms with Crippen molar-refractivity contribution in [1.29, 1.82) is 5.41 Å². The zero-order valence-electron chi connectivity index (χ0n) is 12.8. The molecule has 3 rings (SSSR count). The molecule has 23 heavy (non-hydrogen) atoms. The third kappa shape index (κ3) is 3.62. The van der Waals surface area contributed by atoms with Gasteiger partial charge in [-0.3, -0.25) is 5.41 Å². The van der Waals surface area contributed by atoms with Gasteiger partial charge in [0.2, 0.25) is 5.62 Å². The summed E-state index contributed by atoms with van der Waals surface area (Å²) in [6.07, 6.45) is 0. The van der Waals surface area contributed by atoms with E-state index in [1.807, 2.05) is 57.7 Å². The van der Waals surface area contributed by atoms with Crippen molar-refractivity contribution in [2.75, 3.05) is 6.61 Å². The molecule has 3 aromatic rings.